The van der Waals surface area contributed by atoms with Gasteiger partial charge >= 0.3 is 0 Å². The molecule has 3 aliphatic rings. The molecule has 1 aromatic rings. The molecule has 0 spiro atoms. The third-order valence-electron chi connectivity index (χ3n) is 5.73. The molecule has 1 amide bonds. The Morgan fingerprint density at radius 1 is 1.05 bits per heavy atom. The molecule has 112 valence electrons. The number of hydrogen-bond donors (Lipinski definition) is 1. The molecule has 0 bridgehead atoms. The molecule has 0 radical (unpaired) electrons. The van der Waals surface area contributed by atoms with Crippen molar-refractivity contribution < 1.29 is 4.79 Å². The highest BCUT2D eigenvalue weighted by Gasteiger charge is 2.56. The molecule has 1 aliphatic heterocycles. The highest BCUT2D eigenvalue weighted by atomic mass is 16.2. The number of carbonyl (C=O) groups excluding carboxylic acids is 1. The van der Waals surface area contributed by atoms with Gasteiger partial charge in [-0.2, -0.15) is 0 Å². The molecular formula is C18H24N2O. The number of fused-ring (bicyclic) bond motifs is 2. The molecular weight excluding hydrogens is 260 g/mol. The van der Waals surface area contributed by atoms with E-state index in [1.54, 1.807) is 0 Å². The molecule has 0 aromatic heterocycles. The number of rotatable bonds is 1. The van der Waals surface area contributed by atoms with Crippen molar-refractivity contribution in [1.29, 1.82) is 0 Å². The van der Waals surface area contributed by atoms with Crippen molar-refractivity contribution in [2.75, 3.05) is 11.4 Å². The Labute approximate surface area is 126 Å². The lowest BCUT2D eigenvalue weighted by atomic mass is 10.0. The summed E-state index contributed by atoms with van der Waals surface area (Å²) in [4.78, 5) is 15.1. The number of benzene rings is 1. The van der Waals surface area contributed by atoms with Crippen molar-refractivity contribution in [3.05, 3.63) is 29.8 Å². The summed E-state index contributed by atoms with van der Waals surface area (Å²) in [7, 11) is 0. The van der Waals surface area contributed by atoms with Gasteiger partial charge < -0.3 is 10.6 Å². The second-order valence-corrected chi connectivity index (χ2v) is 6.94. The molecule has 21 heavy (non-hydrogen) atoms. The first-order chi connectivity index (χ1) is 10.3. The summed E-state index contributed by atoms with van der Waals surface area (Å²) >= 11 is 0. The van der Waals surface area contributed by atoms with Crippen molar-refractivity contribution in [2.24, 2.45) is 23.5 Å². The summed E-state index contributed by atoms with van der Waals surface area (Å²) in [5.74, 6) is 2.02. The fourth-order valence-electron chi connectivity index (χ4n) is 4.56. The molecule has 2 fully saturated rings. The standard InChI is InChI=1S/C18H24N2O/c19-15-9-5-11-20(16-10-4-3-8-14(15)16)18(21)17-12-6-1-2-7-13(12)17/h3-4,8,10,12-13,15,17H,1-2,5-7,9,11,19H2. The van der Waals surface area contributed by atoms with E-state index >= 15 is 0 Å². The van der Waals surface area contributed by atoms with Crippen molar-refractivity contribution in [3.63, 3.8) is 0 Å². The molecule has 1 heterocycles. The SMILES string of the molecule is NC1CCCN(C(=O)C2C3CCCCC32)c2ccccc21. The van der Waals surface area contributed by atoms with Crippen LogP contribution in [-0.4, -0.2) is 12.5 Å². The molecule has 2 saturated carbocycles. The molecule has 0 saturated heterocycles. The Hall–Kier alpha value is -1.35. The van der Waals surface area contributed by atoms with E-state index in [2.05, 4.69) is 12.1 Å². The van der Waals surface area contributed by atoms with Gasteiger partial charge in [-0.05, 0) is 49.1 Å². The van der Waals surface area contributed by atoms with Gasteiger partial charge in [0.15, 0.2) is 0 Å². The van der Waals surface area contributed by atoms with Crippen molar-refractivity contribution >= 4 is 11.6 Å². The highest BCUT2D eigenvalue weighted by Crippen LogP contribution is 2.56. The van der Waals surface area contributed by atoms with Gasteiger partial charge in [0, 0.05) is 24.2 Å². The Morgan fingerprint density at radius 2 is 1.76 bits per heavy atom. The Balaban J connectivity index is 1.62. The Kier molecular flexibility index (Phi) is 3.26. The van der Waals surface area contributed by atoms with Crippen LogP contribution in [0.4, 0.5) is 5.69 Å². The van der Waals surface area contributed by atoms with E-state index < -0.39 is 0 Å². The summed E-state index contributed by atoms with van der Waals surface area (Å²) in [6.45, 7) is 0.833. The number of carbonyl (C=O) groups is 1. The zero-order valence-electron chi connectivity index (χ0n) is 12.5. The van der Waals surface area contributed by atoms with Crippen LogP contribution in [0.2, 0.25) is 0 Å². The molecule has 2 N–H and O–H groups in total. The Bertz CT molecular complexity index is 544. The van der Waals surface area contributed by atoms with Crippen LogP contribution in [0, 0.1) is 17.8 Å². The Morgan fingerprint density at radius 3 is 2.52 bits per heavy atom. The van der Waals surface area contributed by atoms with Crippen molar-refractivity contribution in [2.45, 2.75) is 44.6 Å². The average molecular weight is 284 g/mol. The van der Waals surface area contributed by atoms with Gasteiger partial charge in [-0.25, -0.2) is 0 Å². The highest BCUT2D eigenvalue weighted by molar-refractivity contribution is 5.98. The molecule has 3 unspecified atom stereocenters. The van der Waals surface area contributed by atoms with Crippen LogP contribution in [0.25, 0.3) is 0 Å². The predicted octanol–water partition coefficient (Wildman–Crippen LogP) is 3.25. The fraction of sp³-hybridized carbons (Fsp3) is 0.611. The smallest absolute Gasteiger partial charge is 0.230 e. The van der Waals surface area contributed by atoms with Crippen LogP contribution in [0.15, 0.2) is 24.3 Å². The molecule has 3 heteroatoms. The number of anilines is 1. The number of para-hydroxylation sites is 1. The van der Waals surface area contributed by atoms with Crippen LogP contribution in [-0.2, 0) is 4.79 Å². The molecule has 3 nitrogen and oxygen atoms in total. The number of amides is 1. The zero-order valence-corrected chi connectivity index (χ0v) is 12.5. The summed E-state index contributed by atoms with van der Waals surface area (Å²) in [6.07, 6.45) is 7.12. The summed E-state index contributed by atoms with van der Waals surface area (Å²) in [6, 6.07) is 8.29. The minimum atomic E-state index is 0.0699. The van der Waals surface area contributed by atoms with E-state index in [4.69, 9.17) is 5.73 Å². The van der Waals surface area contributed by atoms with Gasteiger partial charge in [-0.3, -0.25) is 4.79 Å². The van der Waals surface area contributed by atoms with Crippen LogP contribution < -0.4 is 10.6 Å². The van der Waals surface area contributed by atoms with Crippen LogP contribution in [0.3, 0.4) is 0 Å². The maximum Gasteiger partial charge on any atom is 0.230 e. The van der Waals surface area contributed by atoms with Gasteiger partial charge in [0.05, 0.1) is 0 Å². The lowest BCUT2D eigenvalue weighted by Crippen LogP contribution is -2.33. The minimum absolute atomic E-state index is 0.0699. The van der Waals surface area contributed by atoms with Crippen LogP contribution in [0.1, 0.15) is 50.1 Å². The van der Waals surface area contributed by atoms with E-state index in [0.29, 0.717) is 23.7 Å². The third-order valence-corrected chi connectivity index (χ3v) is 5.73. The minimum Gasteiger partial charge on any atom is -0.324 e. The fourth-order valence-corrected chi connectivity index (χ4v) is 4.56. The maximum absolute atomic E-state index is 13.0. The van der Waals surface area contributed by atoms with Crippen LogP contribution in [0.5, 0.6) is 0 Å². The number of nitrogens with zero attached hydrogens (tertiary/aromatic N) is 1. The maximum atomic E-state index is 13.0. The topological polar surface area (TPSA) is 46.3 Å². The predicted molar refractivity (Wildman–Crippen MR) is 83.9 cm³/mol. The van der Waals surface area contributed by atoms with Crippen molar-refractivity contribution in [1.82, 2.24) is 0 Å². The van der Waals surface area contributed by atoms with E-state index in [1.807, 2.05) is 17.0 Å². The monoisotopic (exact) mass is 284 g/mol. The van der Waals surface area contributed by atoms with E-state index in [1.165, 1.54) is 25.7 Å². The summed E-state index contributed by atoms with van der Waals surface area (Å²) in [5.41, 5.74) is 8.49. The summed E-state index contributed by atoms with van der Waals surface area (Å²) < 4.78 is 0. The molecule has 1 aromatic carbocycles. The molecule has 4 rings (SSSR count). The first-order valence-corrected chi connectivity index (χ1v) is 8.43. The lowest BCUT2D eigenvalue weighted by Gasteiger charge is -2.24. The van der Waals surface area contributed by atoms with E-state index in [9.17, 15) is 4.79 Å². The van der Waals surface area contributed by atoms with E-state index in [0.717, 1.165) is 30.6 Å². The summed E-state index contributed by atoms with van der Waals surface area (Å²) in [5, 5.41) is 0. The van der Waals surface area contributed by atoms with Gasteiger partial charge in [-0.15, -0.1) is 0 Å². The first kappa shape index (κ1) is 13.3. The van der Waals surface area contributed by atoms with Gasteiger partial charge in [0.25, 0.3) is 0 Å². The third kappa shape index (κ3) is 2.18. The quantitative estimate of drug-likeness (QED) is 0.860. The first-order valence-electron chi connectivity index (χ1n) is 8.43. The number of hydrogen-bond acceptors (Lipinski definition) is 2. The van der Waals surface area contributed by atoms with E-state index in [-0.39, 0.29) is 6.04 Å². The zero-order chi connectivity index (χ0) is 14.4. The number of nitrogens with two attached hydrogens (primary N) is 1. The lowest BCUT2D eigenvalue weighted by molar-refractivity contribution is -0.120. The molecule has 3 atom stereocenters. The van der Waals surface area contributed by atoms with Gasteiger partial charge in [0.2, 0.25) is 5.91 Å². The van der Waals surface area contributed by atoms with Gasteiger partial charge in [0.1, 0.15) is 0 Å². The second kappa shape index (κ2) is 5.13. The largest absolute Gasteiger partial charge is 0.324 e. The normalized spacial score (nSPS) is 34.6. The average Bonchev–Trinajstić information content (AvgIpc) is 3.27. The van der Waals surface area contributed by atoms with Crippen molar-refractivity contribution in [3.8, 4) is 0 Å². The molecule has 2 aliphatic carbocycles. The van der Waals surface area contributed by atoms with Gasteiger partial charge in [-0.1, -0.05) is 31.0 Å². The second-order valence-electron chi connectivity index (χ2n) is 6.94. The van der Waals surface area contributed by atoms with Crippen LogP contribution >= 0.6 is 0 Å².